The van der Waals surface area contributed by atoms with Crippen LogP contribution in [0.3, 0.4) is 0 Å². The zero-order valence-corrected chi connectivity index (χ0v) is 17.3. The zero-order chi connectivity index (χ0) is 21.5. The molecule has 30 heavy (non-hydrogen) atoms. The molecule has 0 radical (unpaired) electrons. The number of carbonyl (C=O) groups is 1. The number of fused-ring (bicyclic) bond motifs is 2. The summed E-state index contributed by atoms with van der Waals surface area (Å²) in [6.07, 6.45) is 4.39. The molecule has 0 spiro atoms. The van der Waals surface area contributed by atoms with Crippen LogP contribution in [0.25, 0.3) is 17.0 Å². The van der Waals surface area contributed by atoms with E-state index in [1.54, 1.807) is 49.9 Å². The minimum absolute atomic E-state index is 0.158. The van der Waals surface area contributed by atoms with Gasteiger partial charge in [0.05, 0.1) is 23.8 Å². The van der Waals surface area contributed by atoms with Gasteiger partial charge in [0.1, 0.15) is 23.2 Å². The largest absolute Gasteiger partial charge is 0.516 e. The van der Waals surface area contributed by atoms with Crippen LogP contribution in [-0.2, 0) is 11.2 Å². The average molecular weight is 410 g/mol. The fourth-order valence-electron chi connectivity index (χ4n) is 3.55. The van der Waals surface area contributed by atoms with Crippen LogP contribution in [0, 0.1) is 6.92 Å². The van der Waals surface area contributed by atoms with Crippen molar-refractivity contribution in [3.63, 3.8) is 0 Å². The maximum atomic E-state index is 12.6. The standard InChI is InChI=1S/C23H23NO6/c1-14-16-7-8-21(25)28-18(16)13-19-17(14)12-20(23(2,3)30-19)29-22(26)24(4)10-9-15-6-5-11-27-15/h5-11,13,20H,12H2,1-4H3/p+1/b10-9+/t20-/m0/s1. The Morgan fingerprint density at radius 1 is 1.33 bits per heavy atom. The van der Waals surface area contributed by atoms with E-state index in [4.69, 9.17) is 18.3 Å². The highest BCUT2D eigenvalue weighted by atomic mass is 16.6. The van der Waals surface area contributed by atoms with Gasteiger partial charge in [-0.15, -0.1) is 0 Å². The first-order chi connectivity index (χ1) is 14.2. The summed E-state index contributed by atoms with van der Waals surface area (Å²) in [5.74, 6) is 1.31. The van der Waals surface area contributed by atoms with E-state index in [2.05, 4.69) is 0 Å². The fraction of sp³-hybridized carbons (Fsp3) is 0.304. The van der Waals surface area contributed by atoms with Gasteiger partial charge >= 0.3 is 11.7 Å². The van der Waals surface area contributed by atoms with Gasteiger partial charge in [0.25, 0.3) is 5.58 Å². The Bertz CT molecular complexity index is 1170. The number of rotatable bonds is 3. The second-order valence-electron chi connectivity index (χ2n) is 7.89. The number of amides is 1. The molecular formula is C23H24NO6+. The third kappa shape index (κ3) is 3.70. The highest BCUT2D eigenvalue weighted by Gasteiger charge is 2.41. The summed E-state index contributed by atoms with van der Waals surface area (Å²) in [5.41, 5.74) is 1.56. The molecule has 156 valence electrons. The van der Waals surface area contributed by atoms with Crippen LogP contribution in [-0.4, -0.2) is 34.5 Å². The third-order valence-electron chi connectivity index (χ3n) is 5.36. The molecule has 1 amide bonds. The minimum Gasteiger partial charge on any atom is -0.483 e. The maximum absolute atomic E-state index is 12.6. The molecule has 0 bridgehead atoms. The first-order valence-corrected chi connectivity index (χ1v) is 9.67. The van der Waals surface area contributed by atoms with Crippen molar-refractivity contribution in [3.05, 3.63) is 65.3 Å². The molecule has 1 aliphatic heterocycles. The van der Waals surface area contributed by atoms with Crippen molar-refractivity contribution in [2.24, 2.45) is 0 Å². The van der Waals surface area contributed by atoms with Crippen molar-refractivity contribution in [2.45, 2.75) is 38.9 Å². The van der Waals surface area contributed by atoms with Gasteiger partial charge in [-0.3, -0.25) is 9.32 Å². The lowest BCUT2D eigenvalue weighted by atomic mass is 9.88. The number of benzene rings is 1. The van der Waals surface area contributed by atoms with Crippen LogP contribution in [0.1, 0.15) is 30.7 Å². The molecule has 0 fully saturated rings. The normalized spacial score (nSPS) is 17.5. The van der Waals surface area contributed by atoms with Gasteiger partial charge in [-0.25, -0.2) is 4.79 Å². The summed E-state index contributed by atoms with van der Waals surface area (Å²) in [6, 6.07) is 8.65. The second kappa shape index (κ2) is 7.40. The molecule has 1 atom stereocenters. The predicted octanol–water partition coefficient (Wildman–Crippen LogP) is 4.16. The molecule has 0 saturated carbocycles. The van der Waals surface area contributed by atoms with Gasteiger partial charge < -0.3 is 18.7 Å². The van der Waals surface area contributed by atoms with Gasteiger partial charge in [-0.2, -0.15) is 0 Å². The van der Waals surface area contributed by atoms with Crippen molar-refractivity contribution >= 4 is 23.1 Å². The topological polar surface area (TPSA) is 86.4 Å². The van der Waals surface area contributed by atoms with Crippen molar-refractivity contribution in [3.8, 4) is 5.75 Å². The second-order valence-corrected chi connectivity index (χ2v) is 7.89. The average Bonchev–Trinajstić information content (AvgIpc) is 3.20. The summed E-state index contributed by atoms with van der Waals surface area (Å²) in [5, 5.41) is 0.874. The molecule has 1 N–H and O–H groups in total. The van der Waals surface area contributed by atoms with Crippen molar-refractivity contribution in [1.29, 1.82) is 0 Å². The summed E-state index contributed by atoms with van der Waals surface area (Å²) >= 11 is 0. The van der Waals surface area contributed by atoms with E-state index < -0.39 is 17.8 Å². The first kappa shape index (κ1) is 19.8. The van der Waals surface area contributed by atoms with Gasteiger partial charge in [0.15, 0.2) is 0 Å². The van der Waals surface area contributed by atoms with Gasteiger partial charge in [-0.1, -0.05) is 0 Å². The Kier molecular flexibility index (Phi) is 4.89. The lowest BCUT2D eigenvalue weighted by Gasteiger charge is -2.40. The predicted molar refractivity (Wildman–Crippen MR) is 110 cm³/mol. The SMILES string of the molecule is Cc1c2c(cc3oc(=[OH+])ccc13)OC(C)(C)[C@@H](OC(=O)N(C)/C=C/c1ccco1)C2. The molecule has 2 aromatic heterocycles. The van der Waals surface area contributed by atoms with Crippen molar-refractivity contribution in [1.82, 2.24) is 4.90 Å². The smallest absolute Gasteiger partial charge is 0.483 e. The molecule has 4 rings (SSSR count). The Morgan fingerprint density at radius 3 is 2.87 bits per heavy atom. The van der Waals surface area contributed by atoms with E-state index in [1.165, 1.54) is 11.0 Å². The van der Waals surface area contributed by atoms with E-state index in [9.17, 15) is 9.59 Å². The van der Waals surface area contributed by atoms with E-state index in [1.807, 2.05) is 20.8 Å². The van der Waals surface area contributed by atoms with Crippen LogP contribution < -0.4 is 10.4 Å². The number of hydrogen-bond acceptors (Lipinski definition) is 5. The van der Waals surface area contributed by atoms with Gasteiger partial charge in [0, 0.05) is 25.2 Å². The molecule has 0 aliphatic carbocycles. The highest BCUT2D eigenvalue weighted by molar-refractivity contribution is 5.84. The van der Waals surface area contributed by atoms with E-state index >= 15 is 0 Å². The van der Waals surface area contributed by atoms with Crippen LogP contribution in [0.15, 0.2) is 51.6 Å². The molecule has 7 nitrogen and oxygen atoms in total. The fourth-order valence-corrected chi connectivity index (χ4v) is 3.55. The highest BCUT2D eigenvalue weighted by Crippen LogP contribution is 2.39. The van der Waals surface area contributed by atoms with Gasteiger partial charge in [-0.05, 0) is 50.6 Å². The Balaban J connectivity index is 1.58. The molecule has 1 aromatic carbocycles. The number of carbonyl (C=O) groups excluding carboxylic acids is 1. The Hall–Kier alpha value is -3.48. The number of nitrogens with zero attached hydrogens (tertiary/aromatic N) is 1. The van der Waals surface area contributed by atoms with Crippen LogP contribution in [0.2, 0.25) is 0 Å². The summed E-state index contributed by atoms with van der Waals surface area (Å²) in [4.78, 5) is 23.6. The zero-order valence-electron chi connectivity index (χ0n) is 17.3. The Morgan fingerprint density at radius 2 is 2.13 bits per heavy atom. The van der Waals surface area contributed by atoms with Crippen LogP contribution in [0.4, 0.5) is 4.79 Å². The quantitative estimate of drug-likeness (QED) is 0.478. The van der Waals surface area contributed by atoms with Crippen LogP contribution >= 0.6 is 0 Å². The lowest BCUT2D eigenvalue weighted by Crippen LogP contribution is -2.50. The van der Waals surface area contributed by atoms with Crippen LogP contribution in [0.5, 0.6) is 5.75 Å². The third-order valence-corrected chi connectivity index (χ3v) is 5.36. The van der Waals surface area contributed by atoms with Crippen molar-refractivity contribution in [2.75, 3.05) is 7.05 Å². The monoisotopic (exact) mass is 410 g/mol. The summed E-state index contributed by atoms with van der Waals surface area (Å²) in [6.45, 7) is 5.73. The minimum atomic E-state index is -0.745. The number of hydrogen-bond donors (Lipinski definition) is 0. The summed E-state index contributed by atoms with van der Waals surface area (Å²) in [7, 11) is 1.62. The number of furan rings is 1. The van der Waals surface area contributed by atoms with Gasteiger partial charge in [0.2, 0.25) is 0 Å². The Labute approximate surface area is 173 Å². The first-order valence-electron chi connectivity index (χ1n) is 9.67. The van der Waals surface area contributed by atoms with E-state index in [0.29, 0.717) is 23.5 Å². The van der Waals surface area contributed by atoms with E-state index in [0.717, 1.165) is 16.5 Å². The molecular weight excluding hydrogens is 386 g/mol. The number of ether oxygens (including phenoxy) is 2. The van der Waals surface area contributed by atoms with E-state index in [-0.39, 0.29) is 5.63 Å². The summed E-state index contributed by atoms with van der Waals surface area (Å²) < 4.78 is 22.6. The molecule has 0 unspecified atom stereocenters. The lowest BCUT2D eigenvalue weighted by molar-refractivity contribution is -0.0548. The molecule has 3 heterocycles. The molecule has 0 saturated heterocycles. The molecule has 3 aromatic rings. The molecule has 7 heteroatoms. The maximum Gasteiger partial charge on any atom is 0.516 e. The number of aryl methyl sites for hydroxylation is 1. The molecule has 1 aliphatic rings. The van der Waals surface area contributed by atoms with Crippen molar-refractivity contribution < 1.29 is 27.9 Å².